The number of hydrogen-bond acceptors (Lipinski definition) is 3. The molecule has 0 amide bonds. The lowest BCUT2D eigenvalue weighted by molar-refractivity contribution is -0.143. The van der Waals surface area contributed by atoms with Gasteiger partial charge in [-0.05, 0) is 12.8 Å². The van der Waals surface area contributed by atoms with Crippen molar-refractivity contribution in [1.82, 2.24) is 4.90 Å². The van der Waals surface area contributed by atoms with E-state index in [2.05, 4.69) is 0 Å². The van der Waals surface area contributed by atoms with E-state index in [-0.39, 0.29) is 0 Å². The van der Waals surface area contributed by atoms with Gasteiger partial charge in [-0.15, -0.1) is 0 Å². The molecule has 14 heavy (non-hydrogen) atoms. The Labute approximate surface area is 83.5 Å². The summed E-state index contributed by atoms with van der Waals surface area (Å²) in [4.78, 5) is 12.9. The number of hydrogen-bond donors (Lipinski definition) is 2. The maximum absolute atomic E-state index is 11.0. The molecule has 1 aliphatic carbocycles. The molecule has 0 radical (unpaired) electrons. The fourth-order valence-electron chi connectivity index (χ4n) is 2.72. The van der Waals surface area contributed by atoms with Crippen molar-refractivity contribution >= 4 is 5.97 Å². The highest BCUT2D eigenvalue weighted by Crippen LogP contribution is 2.30. The first-order valence-electron chi connectivity index (χ1n) is 5.35. The van der Waals surface area contributed by atoms with Gasteiger partial charge < -0.3 is 10.2 Å². The fourth-order valence-corrected chi connectivity index (χ4v) is 2.72. The number of nitrogens with zero attached hydrogens (tertiary/aromatic N) is 1. The number of carboxylic acid groups (broad SMARTS) is 1. The summed E-state index contributed by atoms with van der Waals surface area (Å²) in [5, 5.41) is 18.5. The van der Waals surface area contributed by atoms with Crippen molar-refractivity contribution in [1.29, 1.82) is 0 Å². The molecule has 0 aromatic rings. The Bertz CT molecular complexity index is 225. The highest BCUT2D eigenvalue weighted by molar-refractivity contribution is 5.74. The van der Waals surface area contributed by atoms with Crippen LogP contribution in [-0.4, -0.2) is 45.8 Å². The fraction of sp³-hybridized carbons (Fsp3) is 0.900. The minimum absolute atomic E-state index is 0.395. The van der Waals surface area contributed by atoms with Crippen molar-refractivity contribution in [2.75, 3.05) is 6.54 Å². The van der Waals surface area contributed by atoms with Crippen LogP contribution in [0.15, 0.2) is 0 Å². The van der Waals surface area contributed by atoms with Gasteiger partial charge in [0, 0.05) is 19.0 Å². The van der Waals surface area contributed by atoms with E-state index in [0.717, 1.165) is 12.8 Å². The van der Waals surface area contributed by atoms with Gasteiger partial charge in [0.1, 0.15) is 6.04 Å². The lowest BCUT2D eigenvalue weighted by Crippen LogP contribution is -2.42. The molecule has 1 saturated carbocycles. The van der Waals surface area contributed by atoms with Crippen LogP contribution in [0.1, 0.15) is 32.1 Å². The molecule has 80 valence electrons. The lowest BCUT2D eigenvalue weighted by atomic mass is 10.1. The monoisotopic (exact) mass is 199 g/mol. The normalized spacial score (nSPS) is 35.2. The van der Waals surface area contributed by atoms with Crippen molar-refractivity contribution in [2.45, 2.75) is 50.3 Å². The van der Waals surface area contributed by atoms with Gasteiger partial charge in [0.15, 0.2) is 0 Å². The zero-order valence-corrected chi connectivity index (χ0v) is 8.22. The molecule has 2 N–H and O–H groups in total. The van der Waals surface area contributed by atoms with Crippen molar-refractivity contribution in [3.05, 3.63) is 0 Å². The molecule has 0 aromatic heterocycles. The number of β-amino-alcohol motifs (C(OH)–C–C–N with tert-alkyl or cyclic N) is 1. The molecule has 1 saturated heterocycles. The van der Waals surface area contributed by atoms with Crippen LogP contribution < -0.4 is 0 Å². The largest absolute Gasteiger partial charge is 0.480 e. The molecule has 4 nitrogen and oxygen atoms in total. The van der Waals surface area contributed by atoms with E-state index in [1.165, 1.54) is 12.8 Å². The third kappa shape index (κ3) is 1.77. The lowest BCUT2D eigenvalue weighted by Gasteiger charge is -2.27. The first kappa shape index (κ1) is 9.93. The summed E-state index contributed by atoms with van der Waals surface area (Å²) in [5.41, 5.74) is 0. The molecule has 4 heteroatoms. The summed E-state index contributed by atoms with van der Waals surface area (Å²) in [6.45, 7) is 0.543. The molecule has 0 unspecified atom stereocenters. The Kier molecular flexibility index (Phi) is 2.74. The number of likely N-dealkylation sites (tertiary alicyclic amines) is 1. The van der Waals surface area contributed by atoms with E-state index >= 15 is 0 Å². The standard InChI is InChI=1S/C10H17NO3/c12-8-5-9(10(13)14)11(6-8)7-3-1-2-4-7/h7-9,12H,1-6H2,(H,13,14)/t8-,9+/m1/s1. The summed E-state index contributed by atoms with van der Waals surface area (Å²) in [7, 11) is 0. The molecule has 2 atom stereocenters. The van der Waals surface area contributed by atoms with E-state index < -0.39 is 18.1 Å². The second-order valence-electron chi connectivity index (χ2n) is 4.38. The maximum Gasteiger partial charge on any atom is 0.321 e. The SMILES string of the molecule is O=C(O)[C@@H]1C[C@@H](O)CN1C1CCCC1. The first-order chi connectivity index (χ1) is 6.68. The van der Waals surface area contributed by atoms with E-state index in [1.807, 2.05) is 4.90 Å². The number of carbonyl (C=O) groups is 1. The number of carboxylic acids is 1. The van der Waals surface area contributed by atoms with Gasteiger partial charge in [-0.25, -0.2) is 0 Å². The second kappa shape index (κ2) is 3.87. The van der Waals surface area contributed by atoms with Crippen LogP contribution in [0.2, 0.25) is 0 Å². The molecular weight excluding hydrogens is 182 g/mol. The zero-order valence-electron chi connectivity index (χ0n) is 8.22. The van der Waals surface area contributed by atoms with E-state index in [1.54, 1.807) is 0 Å². The topological polar surface area (TPSA) is 60.8 Å². The minimum atomic E-state index is -0.784. The molecule has 0 bridgehead atoms. The summed E-state index contributed by atoms with van der Waals surface area (Å²) >= 11 is 0. The van der Waals surface area contributed by atoms with Gasteiger partial charge in [0.2, 0.25) is 0 Å². The Morgan fingerprint density at radius 2 is 1.93 bits per heavy atom. The Hall–Kier alpha value is -0.610. The van der Waals surface area contributed by atoms with Crippen molar-refractivity contribution in [3.63, 3.8) is 0 Å². The average Bonchev–Trinajstić information content (AvgIpc) is 2.70. The van der Waals surface area contributed by atoms with Crippen LogP contribution in [0.25, 0.3) is 0 Å². The Morgan fingerprint density at radius 3 is 2.50 bits per heavy atom. The van der Waals surface area contributed by atoms with Crippen LogP contribution >= 0.6 is 0 Å². The third-order valence-corrected chi connectivity index (χ3v) is 3.40. The van der Waals surface area contributed by atoms with Gasteiger partial charge in [-0.2, -0.15) is 0 Å². The molecule has 0 spiro atoms. The van der Waals surface area contributed by atoms with Crippen LogP contribution in [-0.2, 0) is 4.79 Å². The second-order valence-corrected chi connectivity index (χ2v) is 4.38. The van der Waals surface area contributed by atoms with Crippen molar-refractivity contribution < 1.29 is 15.0 Å². The molecular formula is C10H17NO3. The van der Waals surface area contributed by atoms with Crippen LogP contribution in [0.4, 0.5) is 0 Å². The summed E-state index contributed by atoms with van der Waals surface area (Å²) in [5.74, 6) is -0.784. The van der Waals surface area contributed by atoms with E-state index in [4.69, 9.17) is 5.11 Å². The number of aliphatic hydroxyl groups excluding tert-OH is 1. The van der Waals surface area contributed by atoms with Gasteiger partial charge in [-0.1, -0.05) is 12.8 Å². The summed E-state index contributed by atoms with van der Waals surface area (Å²) < 4.78 is 0. The van der Waals surface area contributed by atoms with Crippen molar-refractivity contribution in [2.24, 2.45) is 0 Å². The highest BCUT2D eigenvalue weighted by Gasteiger charge is 2.40. The van der Waals surface area contributed by atoms with Crippen LogP contribution in [0, 0.1) is 0 Å². The summed E-state index contributed by atoms with van der Waals surface area (Å²) in [6, 6.07) is -0.0543. The Balaban J connectivity index is 2.04. The quantitative estimate of drug-likeness (QED) is 0.678. The Morgan fingerprint density at radius 1 is 1.29 bits per heavy atom. The highest BCUT2D eigenvalue weighted by atomic mass is 16.4. The van der Waals surface area contributed by atoms with Gasteiger partial charge >= 0.3 is 5.97 Å². The molecule has 2 rings (SSSR count). The number of rotatable bonds is 2. The van der Waals surface area contributed by atoms with Crippen LogP contribution in [0.5, 0.6) is 0 Å². The molecule has 2 aliphatic rings. The van der Waals surface area contributed by atoms with Gasteiger partial charge in [-0.3, -0.25) is 9.69 Å². The van der Waals surface area contributed by atoms with Gasteiger partial charge in [0.25, 0.3) is 0 Å². The third-order valence-electron chi connectivity index (χ3n) is 3.40. The minimum Gasteiger partial charge on any atom is -0.480 e. The van der Waals surface area contributed by atoms with Gasteiger partial charge in [0.05, 0.1) is 6.10 Å². The smallest absolute Gasteiger partial charge is 0.321 e. The maximum atomic E-state index is 11.0. The van der Waals surface area contributed by atoms with E-state index in [0.29, 0.717) is 19.0 Å². The molecule has 0 aromatic carbocycles. The van der Waals surface area contributed by atoms with Crippen molar-refractivity contribution in [3.8, 4) is 0 Å². The molecule has 1 aliphatic heterocycles. The molecule has 2 fully saturated rings. The number of aliphatic carboxylic acids is 1. The van der Waals surface area contributed by atoms with Crippen LogP contribution in [0.3, 0.4) is 0 Å². The zero-order chi connectivity index (χ0) is 10.1. The average molecular weight is 199 g/mol. The predicted octanol–water partition coefficient (Wildman–Crippen LogP) is 0.449. The predicted molar refractivity (Wildman–Crippen MR) is 51.0 cm³/mol. The number of aliphatic hydroxyl groups is 1. The first-order valence-corrected chi connectivity index (χ1v) is 5.35. The van der Waals surface area contributed by atoms with E-state index in [9.17, 15) is 9.90 Å². The summed E-state index contributed by atoms with van der Waals surface area (Å²) in [6.07, 6.45) is 4.53. The molecule has 1 heterocycles.